The molecule has 0 fully saturated rings. The molecular formula is C22H23ClF3N5OS. The minimum atomic E-state index is -4.53. The summed E-state index contributed by atoms with van der Waals surface area (Å²) in [5.41, 5.74) is 1.02. The van der Waals surface area contributed by atoms with E-state index < -0.39 is 17.6 Å². The Hall–Kier alpha value is -2.72. The van der Waals surface area contributed by atoms with Gasteiger partial charge in [0.25, 0.3) is 0 Å². The molecule has 1 amide bonds. The van der Waals surface area contributed by atoms with Gasteiger partial charge >= 0.3 is 6.18 Å². The van der Waals surface area contributed by atoms with Gasteiger partial charge in [-0.05, 0) is 56.3 Å². The van der Waals surface area contributed by atoms with E-state index in [1.807, 2.05) is 24.3 Å². The van der Waals surface area contributed by atoms with Gasteiger partial charge < -0.3 is 14.8 Å². The normalized spacial score (nSPS) is 11.5. The van der Waals surface area contributed by atoms with E-state index in [9.17, 15) is 18.0 Å². The summed E-state index contributed by atoms with van der Waals surface area (Å²) in [6.45, 7) is 6.02. The number of halogens is 4. The van der Waals surface area contributed by atoms with Gasteiger partial charge in [0.15, 0.2) is 11.0 Å². The Bertz CT molecular complexity index is 1110. The van der Waals surface area contributed by atoms with E-state index in [4.69, 9.17) is 11.6 Å². The third-order valence-corrected chi connectivity index (χ3v) is 6.34. The number of benzene rings is 2. The first-order valence-electron chi connectivity index (χ1n) is 10.2. The van der Waals surface area contributed by atoms with Gasteiger partial charge in [0.1, 0.15) is 0 Å². The summed E-state index contributed by atoms with van der Waals surface area (Å²) < 4.78 is 40.5. The molecule has 33 heavy (non-hydrogen) atoms. The number of rotatable bonds is 8. The Morgan fingerprint density at radius 1 is 1.12 bits per heavy atom. The molecule has 3 rings (SSSR count). The number of carbonyl (C=O) groups is 1. The maximum atomic E-state index is 12.9. The fraction of sp³-hybridized carbons (Fsp3) is 0.318. The van der Waals surface area contributed by atoms with Gasteiger partial charge in [-0.3, -0.25) is 4.79 Å². The average molecular weight is 498 g/mol. The van der Waals surface area contributed by atoms with Crippen molar-refractivity contribution < 1.29 is 18.0 Å². The third-order valence-electron chi connectivity index (χ3n) is 4.99. The second kappa shape index (κ2) is 10.5. The highest BCUT2D eigenvalue weighted by Crippen LogP contribution is 2.34. The van der Waals surface area contributed by atoms with Crippen LogP contribution in [0.5, 0.6) is 0 Å². The Morgan fingerprint density at radius 3 is 2.39 bits per heavy atom. The molecule has 6 nitrogen and oxygen atoms in total. The zero-order chi connectivity index (χ0) is 24.2. The number of carbonyl (C=O) groups excluding carboxylic acids is 1. The van der Waals surface area contributed by atoms with Crippen LogP contribution in [0.15, 0.2) is 47.6 Å². The van der Waals surface area contributed by atoms with Gasteiger partial charge in [-0.15, -0.1) is 10.2 Å². The standard InChI is InChI=1S/C22H23ClF3N5OS/c1-4-31(5-2)16-9-6-14(7-10-16)20-28-29-21(30(20)3)33-13-19(32)27-18-12-15(22(24,25)26)8-11-17(18)23/h6-12H,4-5,13H2,1-3H3,(H,27,32). The van der Waals surface area contributed by atoms with Gasteiger partial charge in [-0.2, -0.15) is 13.2 Å². The molecule has 0 bridgehead atoms. The summed E-state index contributed by atoms with van der Waals surface area (Å²) in [5, 5.41) is 11.3. The van der Waals surface area contributed by atoms with Crippen LogP contribution in [0.25, 0.3) is 11.4 Å². The van der Waals surface area contributed by atoms with Gasteiger partial charge in [0.2, 0.25) is 5.91 Å². The van der Waals surface area contributed by atoms with Crippen molar-refractivity contribution in [3.63, 3.8) is 0 Å². The van der Waals surface area contributed by atoms with Crippen LogP contribution in [0.1, 0.15) is 19.4 Å². The largest absolute Gasteiger partial charge is 0.416 e. The highest BCUT2D eigenvalue weighted by Gasteiger charge is 2.31. The molecule has 0 aliphatic carbocycles. The smallest absolute Gasteiger partial charge is 0.372 e. The summed E-state index contributed by atoms with van der Waals surface area (Å²) in [7, 11) is 1.79. The number of aromatic nitrogens is 3. The third kappa shape index (κ3) is 6.00. The molecule has 0 saturated carbocycles. The Labute approximate surface area is 199 Å². The van der Waals surface area contributed by atoms with Crippen molar-refractivity contribution in [3.8, 4) is 11.4 Å². The zero-order valence-corrected chi connectivity index (χ0v) is 19.9. The van der Waals surface area contributed by atoms with Crippen LogP contribution in [-0.4, -0.2) is 39.5 Å². The highest BCUT2D eigenvalue weighted by atomic mass is 35.5. The molecule has 0 aliphatic heterocycles. The monoisotopic (exact) mass is 497 g/mol. The molecule has 0 atom stereocenters. The average Bonchev–Trinajstić information content (AvgIpc) is 3.14. The van der Waals surface area contributed by atoms with Crippen LogP contribution < -0.4 is 10.2 Å². The van der Waals surface area contributed by atoms with Crippen molar-refractivity contribution in [3.05, 3.63) is 53.1 Å². The Kier molecular flexibility index (Phi) is 7.91. The molecule has 0 saturated heterocycles. The van der Waals surface area contributed by atoms with Crippen molar-refractivity contribution in [1.82, 2.24) is 14.8 Å². The number of hydrogen-bond donors (Lipinski definition) is 1. The van der Waals surface area contributed by atoms with Gasteiger partial charge in [-0.25, -0.2) is 0 Å². The Morgan fingerprint density at radius 2 is 1.79 bits per heavy atom. The first kappa shape index (κ1) is 24.9. The van der Waals surface area contributed by atoms with Gasteiger partial charge in [-0.1, -0.05) is 23.4 Å². The molecule has 176 valence electrons. The summed E-state index contributed by atoms with van der Waals surface area (Å²) in [6, 6.07) is 10.8. The van der Waals surface area contributed by atoms with Crippen molar-refractivity contribution in [2.24, 2.45) is 7.05 Å². The number of amides is 1. The summed E-state index contributed by atoms with van der Waals surface area (Å²) in [5.74, 6) is 0.0682. The van der Waals surface area contributed by atoms with Gasteiger partial charge in [0, 0.05) is 31.4 Å². The molecule has 0 spiro atoms. The van der Waals surface area contributed by atoms with Crippen molar-refractivity contribution in [2.75, 3.05) is 29.1 Å². The van der Waals surface area contributed by atoms with E-state index in [1.54, 1.807) is 11.6 Å². The number of alkyl halides is 3. The SMILES string of the molecule is CCN(CC)c1ccc(-c2nnc(SCC(=O)Nc3cc(C(F)(F)F)ccc3Cl)n2C)cc1. The van der Waals surface area contributed by atoms with E-state index in [0.29, 0.717) is 11.0 Å². The molecule has 0 unspecified atom stereocenters. The van der Waals surface area contributed by atoms with E-state index in [2.05, 4.69) is 34.3 Å². The predicted molar refractivity (Wildman–Crippen MR) is 126 cm³/mol. The lowest BCUT2D eigenvalue weighted by Gasteiger charge is -2.21. The van der Waals surface area contributed by atoms with Crippen LogP contribution in [0, 0.1) is 0 Å². The second-order valence-corrected chi connectivity index (χ2v) is 8.46. The van der Waals surface area contributed by atoms with Crippen molar-refractivity contribution >= 4 is 40.6 Å². The lowest BCUT2D eigenvalue weighted by atomic mass is 10.2. The quantitative estimate of drug-likeness (QED) is 0.403. The topological polar surface area (TPSA) is 63.1 Å². The molecular weight excluding hydrogens is 475 g/mol. The zero-order valence-electron chi connectivity index (χ0n) is 18.3. The summed E-state index contributed by atoms with van der Waals surface area (Å²) >= 11 is 7.06. The molecule has 0 radical (unpaired) electrons. The van der Waals surface area contributed by atoms with Crippen molar-refractivity contribution in [2.45, 2.75) is 25.2 Å². The number of anilines is 2. The molecule has 3 aromatic rings. The summed E-state index contributed by atoms with van der Waals surface area (Å²) in [4.78, 5) is 14.5. The Balaban J connectivity index is 1.66. The fourth-order valence-electron chi connectivity index (χ4n) is 3.22. The van der Waals surface area contributed by atoms with Crippen LogP contribution in [0.4, 0.5) is 24.5 Å². The molecule has 0 aliphatic rings. The van der Waals surface area contributed by atoms with Crippen LogP contribution in [0.2, 0.25) is 5.02 Å². The lowest BCUT2D eigenvalue weighted by molar-refractivity contribution is -0.137. The minimum absolute atomic E-state index is 0.0236. The van der Waals surface area contributed by atoms with E-state index in [-0.39, 0.29) is 16.5 Å². The van der Waals surface area contributed by atoms with Crippen LogP contribution >= 0.6 is 23.4 Å². The number of nitrogens with zero attached hydrogens (tertiary/aromatic N) is 4. The van der Waals surface area contributed by atoms with Crippen LogP contribution in [-0.2, 0) is 18.0 Å². The van der Waals surface area contributed by atoms with Crippen molar-refractivity contribution in [1.29, 1.82) is 0 Å². The molecule has 1 heterocycles. The predicted octanol–water partition coefficient (Wildman–Crippen LogP) is 5.73. The molecule has 2 aromatic carbocycles. The maximum Gasteiger partial charge on any atom is 0.416 e. The fourth-order valence-corrected chi connectivity index (χ4v) is 4.09. The van der Waals surface area contributed by atoms with E-state index in [1.165, 1.54) is 0 Å². The van der Waals surface area contributed by atoms with E-state index >= 15 is 0 Å². The number of nitrogens with one attached hydrogen (secondary N) is 1. The second-order valence-electron chi connectivity index (χ2n) is 7.11. The first-order chi connectivity index (χ1) is 15.6. The van der Waals surface area contributed by atoms with Gasteiger partial charge in [0.05, 0.1) is 22.0 Å². The van der Waals surface area contributed by atoms with Crippen LogP contribution in [0.3, 0.4) is 0 Å². The molecule has 1 aromatic heterocycles. The number of hydrogen-bond acceptors (Lipinski definition) is 5. The minimum Gasteiger partial charge on any atom is -0.372 e. The highest BCUT2D eigenvalue weighted by molar-refractivity contribution is 7.99. The first-order valence-corrected chi connectivity index (χ1v) is 11.5. The molecule has 1 N–H and O–H groups in total. The maximum absolute atomic E-state index is 12.9. The molecule has 11 heteroatoms. The van der Waals surface area contributed by atoms with E-state index in [0.717, 1.165) is 54.3 Å². The summed E-state index contributed by atoms with van der Waals surface area (Å²) in [6.07, 6.45) is -4.53. The lowest BCUT2D eigenvalue weighted by Crippen LogP contribution is -2.21. The number of thioether (sulfide) groups is 1.